The number of rotatable bonds is 2. The van der Waals surface area contributed by atoms with E-state index in [4.69, 9.17) is 14.2 Å². The van der Waals surface area contributed by atoms with Gasteiger partial charge in [-0.25, -0.2) is 0 Å². The number of para-hydroxylation sites is 2. The van der Waals surface area contributed by atoms with Crippen LogP contribution in [0.2, 0.25) is 0 Å². The Balaban J connectivity index is 1.56. The Labute approximate surface area is 196 Å². The average molecular weight is 464 g/mol. The first kappa shape index (κ1) is 19.6. The zero-order valence-electron chi connectivity index (χ0n) is 18.1. The molecule has 0 saturated heterocycles. The number of carbonyl (C=O) groups excluding carboxylic acids is 1. The SMILES string of the molecule is O=C(c1ccc2c(c1)OCO2)C1c2c(c3ccccc3[nH]c2=O)Oc2c1c(=O)[nH]c1ccccc21. The van der Waals surface area contributed by atoms with E-state index in [0.717, 1.165) is 0 Å². The molecule has 0 bridgehead atoms. The molecule has 0 aliphatic carbocycles. The minimum absolute atomic E-state index is 0.0627. The monoisotopic (exact) mass is 464 g/mol. The molecule has 170 valence electrons. The van der Waals surface area contributed by atoms with Crippen molar-refractivity contribution in [3.8, 4) is 23.0 Å². The number of nitrogens with one attached hydrogen (secondary N) is 2. The number of fused-ring (bicyclic) bond motifs is 7. The number of aromatic nitrogens is 2. The summed E-state index contributed by atoms with van der Waals surface area (Å²) in [6.45, 7) is 0.0627. The Morgan fingerprint density at radius 1 is 0.743 bits per heavy atom. The van der Waals surface area contributed by atoms with Crippen molar-refractivity contribution in [3.05, 3.63) is 104 Å². The molecule has 2 N–H and O–H groups in total. The van der Waals surface area contributed by atoms with Crippen molar-refractivity contribution >= 4 is 27.6 Å². The number of ether oxygens (including phenoxy) is 3. The normalized spacial score (nSPS) is 13.9. The van der Waals surface area contributed by atoms with Crippen LogP contribution < -0.4 is 25.3 Å². The molecule has 0 spiro atoms. The van der Waals surface area contributed by atoms with Gasteiger partial charge in [-0.05, 0) is 42.5 Å². The second-order valence-corrected chi connectivity index (χ2v) is 8.45. The summed E-state index contributed by atoms with van der Waals surface area (Å²) < 4.78 is 17.1. The van der Waals surface area contributed by atoms with Crippen LogP contribution in [0, 0.1) is 0 Å². The summed E-state index contributed by atoms with van der Waals surface area (Å²) in [4.78, 5) is 46.4. The van der Waals surface area contributed by atoms with Crippen LogP contribution in [0.4, 0.5) is 0 Å². The summed E-state index contributed by atoms with van der Waals surface area (Å²) in [5.74, 6) is -0.102. The molecular weight excluding hydrogens is 448 g/mol. The van der Waals surface area contributed by atoms with Crippen LogP contribution >= 0.6 is 0 Å². The molecule has 4 heterocycles. The lowest BCUT2D eigenvalue weighted by Gasteiger charge is -2.28. The number of hydrogen-bond donors (Lipinski definition) is 2. The van der Waals surface area contributed by atoms with Crippen LogP contribution in [0.25, 0.3) is 21.8 Å². The Morgan fingerprint density at radius 3 is 1.94 bits per heavy atom. The Morgan fingerprint density at radius 2 is 1.31 bits per heavy atom. The minimum Gasteiger partial charge on any atom is -0.455 e. The average Bonchev–Trinajstić information content (AvgIpc) is 3.35. The van der Waals surface area contributed by atoms with Crippen molar-refractivity contribution in [1.82, 2.24) is 9.97 Å². The van der Waals surface area contributed by atoms with Gasteiger partial charge in [-0.3, -0.25) is 14.4 Å². The highest BCUT2D eigenvalue weighted by molar-refractivity contribution is 6.07. The van der Waals surface area contributed by atoms with Gasteiger partial charge in [0.2, 0.25) is 6.79 Å². The lowest BCUT2D eigenvalue weighted by Crippen LogP contribution is -2.32. The molecule has 35 heavy (non-hydrogen) atoms. The van der Waals surface area contributed by atoms with Gasteiger partial charge in [0.15, 0.2) is 17.3 Å². The molecule has 0 atom stereocenters. The molecule has 0 saturated carbocycles. The first-order valence-corrected chi connectivity index (χ1v) is 11.0. The van der Waals surface area contributed by atoms with Gasteiger partial charge in [0.1, 0.15) is 11.5 Å². The summed E-state index contributed by atoms with van der Waals surface area (Å²) in [7, 11) is 0. The van der Waals surface area contributed by atoms with E-state index in [9.17, 15) is 14.4 Å². The Kier molecular flexibility index (Phi) is 3.96. The van der Waals surface area contributed by atoms with E-state index < -0.39 is 22.8 Å². The molecule has 0 unspecified atom stereocenters. The lowest BCUT2D eigenvalue weighted by atomic mass is 9.82. The molecule has 0 amide bonds. The third-order valence-electron chi connectivity index (χ3n) is 6.52. The number of hydrogen-bond acceptors (Lipinski definition) is 6. The Bertz CT molecular complexity index is 1740. The minimum atomic E-state index is -1.18. The van der Waals surface area contributed by atoms with Crippen LogP contribution in [-0.2, 0) is 0 Å². The molecule has 2 aliphatic rings. The van der Waals surface area contributed by atoms with Crippen LogP contribution in [0.1, 0.15) is 27.4 Å². The molecule has 0 radical (unpaired) electrons. The number of carbonyl (C=O) groups is 1. The van der Waals surface area contributed by atoms with Crippen molar-refractivity contribution < 1.29 is 19.0 Å². The first-order valence-electron chi connectivity index (χ1n) is 11.0. The van der Waals surface area contributed by atoms with Gasteiger partial charge in [0.05, 0.1) is 28.1 Å². The van der Waals surface area contributed by atoms with Crippen molar-refractivity contribution in [2.24, 2.45) is 0 Å². The van der Waals surface area contributed by atoms with Crippen molar-refractivity contribution in [1.29, 1.82) is 0 Å². The molecule has 3 aromatic carbocycles. The van der Waals surface area contributed by atoms with E-state index in [1.165, 1.54) is 0 Å². The van der Waals surface area contributed by atoms with Crippen molar-refractivity contribution in [2.45, 2.75) is 5.92 Å². The summed E-state index contributed by atoms with van der Waals surface area (Å²) in [5.41, 5.74) is 0.649. The second-order valence-electron chi connectivity index (χ2n) is 8.45. The molecule has 0 fully saturated rings. The highest BCUT2D eigenvalue weighted by Gasteiger charge is 2.40. The molecule has 2 aliphatic heterocycles. The molecular formula is C27H16N2O6. The fourth-order valence-electron chi connectivity index (χ4n) is 4.93. The molecule has 7 rings (SSSR count). The van der Waals surface area contributed by atoms with Gasteiger partial charge >= 0.3 is 0 Å². The van der Waals surface area contributed by atoms with E-state index in [1.807, 2.05) is 24.3 Å². The fraction of sp³-hybridized carbons (Fsp3) is 0.0741. The van der Waals surface area contributed by atoms with E-state index in [2.05, 4.69) is 9.97 Å². The molecule has 2 aromatic heterocycles. The Hall–Kier alpha value is -4.85. The maximum atomic E-state index is 14.0. The van der Waals surface area contributed by atoms with Crippen molar-refractivity contribution in [3.63, 3.8) is 0 Å². The zero-order valence-corrected chi connectivity index (χ0v) is 18.1. The summed E-state index contributed by atoms with van der Waals surface area (Å²) in [6, 6.07) is 19.2. The predicted octanol–water partition coefficient (Wildman–Crippen LogP) is 4.22. The van der Waals surface area contributed by atoms with E-state index in [0.29, 0.717) is 33.3 Å². The number of pyridine rings is 2. The standard InChI is InChI=1S/C27H16N2O6/c30-23(13-9-10-18-19(11-13)34-12-33-18)20-21-24(14-5-1-3-7-16(14)28-26(21)31)35-25-15-6-2-4-8-17(15)29-27(32)22(20)25/h1-11,20H,12H2,(H,28,31)(H,29,32). The first-order chi connectivity index (χ1) is 17.1. The van der Waals surface area contributed by atoms with Gasteiger partial charge < -0.3 is 24.2 Å². The number of Topliss-reactive ketones (excluding diaryl/α,β-unsaturated/α-hetero) is 1. The molecule has 5 aromatic rings. The van der Waals surface area contributed by atoms with Gasteiger partial charge in [0.25, 0.3) is 11.1 Å². The van der Waals surface area contributed by atoms with E-state index in [-0.39, 0.29) is 35.0 Å². The lowest BCUT2D eigenvalue weighted by molar-refractivity contribution is 0.0968. The molecule has 8 heteroatoms. The highest BCUT2D eigenvalue weighted by atomic mass is 16.7. The smallest absolute Gasteiger partial charge is 0.256 e. The van der Waals surface area contributed by atoms with Gasteiger partial charge in [-0.15, -0.1) is 0 Å². The third kappa shape index (κ3) is 2.77. The number of ketones is 1. The van der Waals surface area contributed by atoms with Gasteiger partial charge in [0, 0.05) is 16.3 Å². The summed E-state index contributed by atoms with van der Waals surface area (Å²) in [5, 5.41) is 1.28. The van der Waals surface area contributed by atoms with E-state index in [1.54, 1.807) is 42.5 Å². The van der Waals surface area contributed by atoms with E-state index >= 15 is 0 Å². The predicted molar refractivity (Wildman–Crippen MR) is 128 cm³/mol. The third-order valence-corrected chi connectivity index (χ3v) is 6.52. The van der Waals surface area contributed by atoms with Gasteiger partial charge in [-0.2, -0.15) is 0 Å². The number of benzene rings is 3. The van der Waals surface area contributed by atoms with Crippen LogP contribution in [-0.4, -0.2) is 22.5 Å². The summed E-state index contributed by atoms with van der Waals surface area (Å²) >= 11 is 0. The van der Waals surface area contributed by atoms with Crippen LogP contribution in [0.3, 0.4) is 0 Å². The van der Waals surface area contributed by atoms with Crippen molar-refractivity contribution in [2.75, 3.05) is 6.79 Å². The fourth-order valence-corrected chi connectivity index (χ4v) is 4.93. The zero-order chi connectivity index (χ0) is 23.7. The number of H-pyrrole nitrogens is 2. The molecule has 8 nitrogen and oxygen atoms in total. The largest absolute Gasteiger partial charge is 0.455 e. The highest BCUT2D eigenvalue weighted by Crippen LogP contribution is 2.47. The quantitative estimate of drug-likeness (QED) is 0.379. The van der Waals surface area contributed by atoms with Gasteiger partial charge in [-0.1, -0.05) is 24.3 Å². The maximum absolute atomic E-state index is 14.0. The summed E-state index contributed by atoms with van der Waals surface area (Å²) in [6.07, 6.45) is 0. The second kappa shape index (κ2) is 7.07. The number of aromatic amines is 2. The maximum Gasteiger partial charge on any atom is 0.256 e. The van der Waals surface area contributed by atoms with Crippen LogP contribution in [0.5, 0.6) is 23.0 Å². The topological polar surface area (TPSA) is 110 Å². The van der Waals surface area contributed by atoms with Crippen LogP contribution in [0.15, 0.2) is 76.3 Å².